The normalized spacial score (nSPS) is 17.3. The SMILES string of the molecule is C=C(C)C(=O)OCCOc1cc(-c2ccc(C3CCC(C)CC3)cc2)cc(OCCOC)c1CCCO. The van der Waals surface area contributed by atoms with E-state index in [1.54, 1.807) is 14.0 Å². The highest BCUT2D eigenvalue weighted by Crippen LogP contribution is 2.39. The van der Waals surface area contributed by atoms with Gasteiger partial charge in [0.05, 0.1) is 6.61 Å². The maximum Gasteiger partial charge on any atom is 0.333 e. The van der Waals surface area contributed by atoms with Crippen LogP contribution in [0.2, 0.25) is 0 Å². The van der Waals surface area contributed by atoms with Crippen LogP contribution in [0.15, 0.2) is 48.6 Å². The minimum atomic E-state index is -0.436. The van der Waals surface area contributed by atoms with Gasteiger partial charge in [0.25, 0.3) is 0 Å². The third-order valence-corrected chi connectivity index (χ3v) is 6.95. The lowest BCUT2D eigenvalue weighted by molar-refractivity contribution is -0.139. The summed E-state index contributed by atoms with van der Waals surface area (Å²) in [5.74, 6) is 2.41. The number of hydrogen-bond acceptors (Lipinski definition) is 6. The van der Waals surface area contributed by atoms with Gasteiger partial charge in [-0.05, 0) is 73.3 Å². The van der Waals surface area contributed by atoms with E-state index in [-0.39, 0.29) is 19.8 Å². The molecule has 1 N–H and O–H groups in total. The second-order valence-electron chi connectivity index (χ2n) is 9.96. The molecule has 0 aliphatic heterocycles. The first-order valence-corrected chi connectivity index (χ1v) is 13.4. The fourth-order valence-corrected chi connectivity index (χ4v) is 4.73. The number of aliphatic hydroxyl groups is 1. The summed E-state index contributed by atoms with van der Waals surface area (Å²) in [4.78, 5) is 11.7. The molecule has 0 heterocycles. The van der Waals surface area contributed by atoms with Gasteiger partial charge in [-0.15, -0.1) is 0 Å². The van der Waals surface area contributed by atoms with Crippen molar-refractivity contribution < 1.29 is 28.8 Å². The summed E-state index contributed by atoms with van der Waals surface area (Å²) in [5, 5.41) is 9.46. The molecular formula is C31H42O6. The number of ether oxygens (including phenoxy) is 4. The number of esters is 1. The molecule has 202 valence electrons. The van der Waals surface area contributed by atoms with E-state index >= 15 is 0 Å². The predicted octanol–water partition coefficient (Wildman–Crippen LogP) is 6.10. The summed E-state index contributed by atoms with van der Waals surface area (Å²) in [6.07, 6.45) is 6.28. The Balaban J connectivity index is 1.85. The van der Waals surface area contributed by atoms with Gasteiger partial charge in [0.1, 0.15) is 31.3 Å². The van der Waals surface area contributed by atoms with Gasteiger partial charge in [0.15, 0.2) is 0 Å². The van der Waals surface area contributed by atoms with Crippen molar-refractivity contribution in [2.75, 3.05) is 40.1 Å². The number of hydrogen-bond donors (Lipinski definition) is 1. The molecular weight excluding hydrogens is 468 g/mol. The van der Waals surface area contributed by atoms with Crippen molar-refractivity contribution in [1.29, 1.82) is 0 Å². The highest BCUT2D eigenvalue weighted by molar-refractivity contribution is 5.86. The van der Waals surface area contributed by atoms with E-state index in [1.165, 1.54) is 31.2 Å². The second-order valence-corrected chi connectivity index (χ2v) is 9.96. The Morgan fingerprint density at radius 1 is 0.946 bits per heavy atom. The van der Waals surface area contributed by atoms with Gasteiger partial charge in [0, 0.05) is 24.9 Å². The average molecular weight is 511 g/mol. The third-order valence-electron chi connectivity index (χ3n) is 6.95. The molecule has 0 radical (unpaired) electrons. The molecule has 3 rings (SSSR count). The molecule has 37 heavy (non-hydrogen) atoms. The van der Waals surface area contributed by atoms with Gasteiger partial charge >= 0.3 is 5.97 Å². The van der Waals surface area contributed by atoms with E-state index in [4.69, 9.17) is 18.9 Å². The molecule has 0 spiro atoms. The van der Waals surface area contributed by atoms with Crippen molar-refractivity contribution in [3.8, 4) is 22.6 Å². The van der Waals surface area contributed by atoms with Crippen LogP contribution < -0.4 is 9.47 Å². The molecule has 6 nitrogen and oxygen atoms in total. The standard InChI is InChI=1S/C31H42O6/c1-22(2)31(33)37-19-18-36-30-21-27(20-29(35-17-16-34-4)28(30)6-5-15-32)26-13-11-25(12-14-26)24-9-7-23(3)8-10-24/h11-14,20-21,23-24,32H,1,5-10,15-19H2,2-4H3. The quantitative estimate of drug-likeness (QED) is 0.188. The molecule has 0 aromatic heterocycles. The van der Waals surface area contributed by atoms with Crippen LogP contribution in [0.5, 0.6) is 11.5 Å². The highest BCUT2D eigenvalue weighted by Gasteiger charge is 2.20. The molecule has 2 aromatic rings. The number of methoxy groups -OCH3 is 1. The van der Waals surface area contributed by atoms with Crippen LogP contribution in [0.3, 0.4) is 0 Å². The molecule has 0 unspecified atom stereocenters. The summed E-state index contributed by atoms with van der Waals surface area (Å²) < 4.78 is 22.6. The second kappa shape index (κ2) is 14.8. The van der Waals surface area contributed by atoms with Crippen LogP contribution in [0, 0.1) is 5.92 Å². The van der Waals surface area contributed by atoms with Crippen LogP contribution in [0.25, 0.3) is 11.1 Å². The summed E-state index contributed by atoms with van der Waals surface area (Å²) >= 11 is 0. The third kappa shape index (κ3) is 8.61. The van der Waals surface area contributed by atoms with Crippen molar-refractivity contribution in [2.45, 2.75) is 58.3 Å². The van der Waals surface area contributed by atoms with E-state index in [9.17, 15) is 9.90 Å². The zero-order chi connectivity index (χ0) is 26.6. The molecule has 1 aliphatic rings. The van der Waals surface area contributed by atoms with E-state index < -0.39 is 5.97 Å². The maximum absolute atomic E-state index is 11.7. The Hall–Kier alpha value is -2.83. The number of rotatable bonds is 14. The minimum Gasteiger partial charge on any atom is -0.491 e. The van der Waals surface area contributed by atoms with Crippen molar-refractivity contribution in [3.05, 3.63) is 59.7 Å². The summed E-state index contributed by atoms with van der Waals surface area (Å²) in [5.41, 5.74) is 4.70. The van der Waals surface area contributed by atoms with E-state index in [0.29, 0.717) is 49.0 Å². The summed E-state index contributed by atoms with van der Waals surface area (Å²) in [7, 11) is 1.64. The van der Waals surface area contributed by atoms with Crippen molar-refractivity contribution in [1.82, 2.24) is 0 Å². The van der Waals surface area contributed by atoms with Crippen LogP contribution >= 0.6 is 0 Å². The van der Waals surface area contributed by atoms with Gasteiger partial charge < -0.3 is 24.1 Å². The van der Waals surface area contributed by atoms with Gasteiger partial charge in [0.2, 0.25) is 0 Å². The van der Waals surface area contributed by atoms with E-state index in [1.807, 2.05) is 12.1 Å². The average Bonchev–Trinajstić information content (AvgIpc) is 2.90. The van der Waals surface area contributed by atoms with Crippen molar-refractivity contribution in [3.63, 3.8) is 0 Å². The number of aliphatic hydroxyl groups excluding tert-OH is 1. The highest BCUT2D eigenvalue weighted by atomic mass is 16.6. The number of carbonyl (C=O) groups is 1. The molecule has 1 saturated carbocycles. The lowest BCUT2D eigenvalue weighted by Gasteiger charge is -2.26. The number of benzene rings is 2. The lowest BCUT2D eigenvalue weighted by Crippen LogP contribution is -2.14. The topological polar surface area (TPSA) is 74.2 Å². The van der Waals surface area contributed by atoms with Crippen molar-refractivity contribution in [2.24, 2.45) is 5.92 Å². The fourth-order valence-electron chi connectivity index (χ4n) is 4.73. The molecule has 2 aromatic carbocycles. The van der Waals surface area contributed by atoms with Gasteiger partial charge in [-0.25, -0.2) is 4.79 Å². The maximum atomic E-state index is 11.7. The van der Waals surface area contributed by atoms with Crippen LogP contribution in [-0.2, 0) is 20.7 Å². The first-order valence-electron chi connectivity index (χ1n) is 13.4. The Morgan fingerprint density at radius 2 is 1.57 bits per heavy atom. The summed E-state index contributed by atoms with van der Waals surface area (Å²) in [6.45, 7) is 8.81. The number of carbonyl (C=O) groups excluding carboxylic acids is 1. The smallest absolute Gasteiger partial charge is 0.333 e. The van der Waals surface area contributed by atoms with Gasteiger partial charge in [-0.1, -0.05) is 50.6 Å². The van der Waals surface area contributed by atoms with Gasteiger partial charge in [-0.3, -0.25) is 0 Å². The Bertz CT molecular complexity index is 1010. The lowest BCUT2D eigenvalue weighted by atomic mass is 9.79. The monoisotopic (exact) mass is 510 g/mol. The van der Waals surface area contributed by atoms with Crippen molar-refractivity contribution >= 4 is 5.97 Å². The summed E-state index contributed by atoms with van der Waals surface area (Å²) in [6, 6.07) is 12.9. The largest absolute Gasteiger partial charge is 0.491 e. The van der Waals surface area contributed by atoms with E-state index in [0.717, 1.165) is 22.6 Å². The molecule has 0 bridgehead atoms. The van der Waals surface area contributed by atoms with E-state index in [2.05, 4.69) is 37.8 Å². The van der Waals surface area contributed by atoms with Crippen LogP contribution in [0.1, 0.15) is 63.0 Å². The first kappa shape index (κ1) is 28.7. The molecule has 0 amide bonds. The molecule has 0 saturated heterocycles. The zero-order valence-corrected chi connectivity index (χ0v) is 22.6. The minimum absolute atomic E-state index is 0.0658. The van der Waals surface area contributed by atoms with Crippen LogP contribution in [0.4, 0.5) is 0 Å². The molecule has 1 fully saturated rings. The van der Waals surface area contributed by atoms with Crippen LogP contribution in [-0.4, -0.2) is 51.2 Å². The fraction of sp³-hybridized carbons (Fsp3) is 0.516. The molecule has 6 heteroatoms. The Morgan fingerprint density at radius 3 is 2.14 bits per heavy atom. The Kier molecular flexibility index (Phi) is 11.5. The molecule has 0 atom stereocenters. The Labute approximate surface area is 221 Å². The first-order chi connectivity index (χ1) is 17.9. The van der Waals surface area contributed by atoms with Gasteiger partial charge in [-0.2, -0.15) is 0 Å². The molecule has 1 aliphatic carbocycles. The predicted molar refractivity (Wildman–Crippen MR) is 146 cm³/mol. The zero-order valence-electron chi connectivity index (χ0n) is 22.6.